The van der Waals surface area contributed by atoms with E-state index in [1.807, 2.05) is 12.1 Å². The van der Waals surface area contributed by atoms with Crippen molar-refractivity contribution >= 4 is 28.3 Å². The number of halogens is 1. The largest absolute Gasteiger partial charge is 0.421 e. The Kier molecular flexibility index (Phi) is 2.17. The smallest absolute Gasteiger partial charge is 0.359 e. The van der Waals surface area contributed by atoms with Gasteiger partial charge in [0, 0.05) is 10.9 Å². The Balaban J connectivity index is 2.96. The Labute approximate surface area is 85.1 Å². The van der Waals surface area contributed by atoms with Gasteiger partial charge in [-0.05, 0) is 6.07 Å². The molecule has 0 unspecified atom stereocenters. The first-order valence-corrected chi connectivity index (χ1v) is 4.63. The van der Waals surface area contributed by atoms with E-state index in [0.717, 1.165) is 5.39 Å². The molecule has 0 bridgehead atoms. The van der Waals surface area contributed by atoms with Gasteiger partial charge in [-0.15, -0.1) is 11.6 Å². The lowest BCUT2D eigenvalue weighted by Crippen LogP contribution is -2.09. The van der Waals surface area contributed by atoms with E-state index in [-0.39, 0.29) is 11.6 Å². The fourth-order valence-corrected chi connectivity index (χ4v) is 1.66. The molecule has 14 heavy (non-hydrogen) atoms. The first-order chi connectivity index (χ1) is 6.74. The van der Waals surface area contributed by atoms with Crippen LogP contribution in [0.2, 0.25) is 0 Å². The highest BCUT2D eigenvalue weighted by Gasteiger charge is 2.09. The van der Waals surface area contributed by atoms with Crippen LogP contribution < -0.4 is 11.4 Å². The van der Waals surface area contributed by atoms with Crippen molar-refractivity contribution < 1.29 is 4.42 Å². The topological polar surface area (TPSA) is 56.2 Å². The van der Waals surface area contributed by atoms with E-state index in [4.69, 9.17) is 21.8 Å². The third kappa shape index (κ3) is 1.26. The first kappa shape index (κ1) is 9.09. The summed E-state index contributed by atoms with van der Waals surface area (Å²) < 4.78 is 5.00. The van der Waals surface area contributed by atoms with E-state index in [1.54, 1.807) is 12.1 Å². The molecule has 0 aliphatic heterocycles. The van der Waals surface area contributed by atoms with Crippen LogP contribution in [0.1, 0.15) is 5.56 Å². The Morgan fingerprint density at radius 2 is 2.07 bits per heavy atom. The van der Waals surface area contributed by atoms with Gasteiger partial charge in [0.1, 0.15) is 11.3 Å². The number of fused-ring (bicyclic) bond motifs is 1. The summed E-state index contributed by atoms with van der Waals surface area (Å²) in [7, 11) is 0. The fraction of sp³-hybridized carbons (Fsp3) is 0.100. The number of nitrogens with two attached hydrogens (primary N) is 1. The van der Waals surface area contributed by atoms with Crippen molar-refractivity contribution in [2.45, 2.75) is 5.88 Å². The van der Waals surface area contributed by atoms with Gasteiger partial charge >= 0.3 is 5.63 Å². The van der Waals surface area contributed by atoms with E-state index < -0.39 is 5.63 Å². The van der Waals surface area contributed by atoms with E-state index in [2.05, 4.69) is 0 Å². The molecule has 0 atom stereocenters. The maximum Gasteiger partial charge on any atom is 0.359 e. The Morgan fingerprint density at radius 3 is 2.79 bits per heavy atom. The summed E-state index contributed by atoms with van der Waals surface area (Å²) in [5.74, 6) is 0.206. The molecule has 0 amide bonds. The Bertz CT molecular complexity index is 533. The molecular weight excluding hydrogens is 202 g/mol. The zero-order chi connectivity index (χ0) is 10.1. The van der Waals surface area contributed by atoms with Gasteiger partial charge in [-0.1, -0.05) is 18.2 Å². The maximum absolute atomic E-state index is 11.3. The lowest BCUT2D eigenvalue weighted by molar-refractivity contribution is 0.563. The quantitative estimate of drug-likeness (QED) is 0.578. The average Bonchev–Trinajstić information content (AvgIpc) is 2.20. The SMILES string of the molecule is Nc1c(CCl)c2ccccc2oc1=O. The van der Waals surface area contributed by atoms with Crippen LogP contribution in [0.4, 0.5) is 5.69 Å². The molecule has 2 aromatic rings. The highest BCUT2D eigenvalue weighted by molar-refractivity contribution is 6.18. The second-order valence-electron chi connectivity index (χ2n) is 2.91. The van der Waals surface area contributed by atoms with Crippen molar-refractivity contribution in [2.75, 3.05) is 5.73 Å². The van der Waals surface area contributed by atoms with Crippen molar-refractivity contribution in [1.29, 1.82) is 0 Å². The number of benzene rings is 1. The number of nitrogen functional groups attached to an aromatic ring is 1. The minimum atomic E-state index is -0.528. The van der Waals surface area contributed by atoms with Crippen LogP contribution >= 0.6 is 11.6 Å². The van der Waals surface area contributed by atoms with Crippen molar-refractivity contribution in [3.8, 4) is 0 Å². The highest BCUT2D eigenvalue weighted by atomic mass is 35.5. The first-order valence-electron chi connectivity index (χ1n) is 4.10. The number of rotatable bonds is 1. The maximum atomic E-state index is 11.3. The fourth-order valence-electron chi connectivity index (χ4n) is 1.37. The van der Waals surface area contributed by atoms with Crippen LogP contribution in [0.15, 0.2) is 33.5 Å². The van der Waals surface area contributed by atoms with Crippen LogP contribution in [-0.4, -0.2) is 0 Å². The van der Waals surface area contributed by atoms with Gasteiger partial charge in [0.2, 0.25) is 0 Å². The summed E-state index contributed by atoms with van der Waals surface area (Å²) in [5.41, 5.74) is 6.29. The highest BCUT2D eigenvalue weighted by Crippen LogP contribution is 2.22. The zero-order valence-electron chi connectivity index (χ0n) is 7.29. The van der Waals surface area contributed by atoms with Crippen LogP contribution in [0.5, 0.6) is 0 Å². The van der Waals surface area contributed by atoms with Gasteiger partial charge in [0.25, 0.3) is 0 Å². The predicted molar refractivity (Wildman–Crippen MR) is 56.5 cm³/mol. The second-order valence-corrected chi connectivity index (χ2v) is 3.18. The van der Waals surface area contributed by atoms with Gasteiger partial charge in [-0.3, -0.25) is 0 Å². The molecule has 0 saturated carbocycles. The number of hydrogen-bond donors (Lipinski definition) is 1. The van der Waals surface area contributed by atoms with Gasteiger partial charge in [0.05, 0.1) is 5.88 Å². The summed E-state index contributed by atoms with van der Waals surface area (Å²) in [5, 5.41) is 0.791. The Morgan fingerprint density at radius 1 is 1.36 bits per heavy atom. The van der Waals surface area contributed by atoms with Gasteiger partial charge in [0.15, 0.2) is 0 Å². The molecule has 0 radical (unpaired) electrons. The molecule has 1 aromatic carbocycles. The molecule has 2 N–H and O–H groups in total. The van der Waals surface area contributed by atoms with E-state index in [1.165, 1.54) is 0 Å². The monoisotopic (exact) mass is 209 g/mol. The number of para-hydroxylation sites is 1. The molecule has 0 saturated heterocycles. The minimum Gasteiger partial charge on any atom is -0.421 e. The van der Waals surface area contributed by atoms with Gasteiger partial charge in [-0.25, -0.2) is 4.79 Å². The second kappa shape index (κ2) is 3.35. The van der Waals surface area contributed by atoms with Gasteiger partial charge in [-0.2, -0.15) is 0 Å². The molecule has 1 aromatic heterocycles. The molecule has 4 heteroatoms. The molecule has 0 spiro atoms. The lowest BCUT2D eigenvalue weighted by Gasteiger charge is -2.04. The summed E-state index contributed by atoms with van der Waals surface area (Å²) in [6.07, 6.45) is 0. The molecular formula is C10H8ClNO2. The summed E-state index contributed by atoms with van der Waals surface area (Å²) in [6.45, 7) is 0. The molecule has 3 nitrogen and oxygen atoms in total. The van der Waals surface area contributed by atoms with E-state index >= 15 is 0 Å². The normalized spacial score (nSPS) is 10.6. The van der Waals surface area contributed by atoms with Crippen LogP contribution in [0, 0.1) is 0 Å². The molecule has 0 fully saturated rings. The summed E-state index contributed by atoms with van der Waals surface area (Å²) >= 11 is 5.72. The molecule has 0 aliphatic rings. The average molecular weight is 210 g/mol. The van der Waals surface area contributed by atoms with Crippen LogP contribution in [0.3, 0.4) is 0 Å². The van der Waals surface area contributed by atoms with E-state index in [0.29, 0.717) is 11.1 Å². The molecule has 1 heterocycles. The van der Waals surface area contributed by atoms with Crippen molar-refractivity contribution in [3.63, 3.8) is 0 Å². The van der Waals surface area contributed by atoms with Crippen molar-refractivity contribution in [3.05, 3.63) is 40.2 Å². The standard InChI is InChI=1S/C10H8ClNO2/c11-5-7-6-3-1-2-4-8(6)14-10(13)9(7)12/h1-4H,5,12H2. The third-order valence-corrected chi connectivity index (χ3v) is 2.36. The molecule has 2 rings (SSSR count). The molecule has 0 aliphatic carbocycles. The van der Waals surface area contributed by atoms with Crippen LogP contribution in [-0.2, 0) is 5.88 Å². The number of alkyl halides is 1. The predicted octanol–water partition coefficient (Wildman–Crippen LogP) is 2.11. The van der Waals surface area contributed by atoms with Crippen molar-refractivity contribution in [1.82, 2.24) is 0 Å². The van der Waals surface area contributed by atoms with Crippen LogP contribution in [0.25, 0.3) is 11.0 Å². The summed E-state index contributed by atoms with van der Waals surface area (Å²) in [4.78, 5) is 11.3. The minimum absolute atomic E-state index is 0.0960. The number of anilines is 1. The van der Waals surface area contributed by atoms with E-state index in [9.17, 15) is 4.79 Å². The zero-order valence-corrected chi connectivity index (χ0v) is 8.04. The molecule has 72 valence electrons. The Hall–Kier alpha value is -1.48. The lowest BCUT2D eigenvalue weighted by atomic mass is 10.1. The van der Waals surface area contributed by atoms with Crippen molar-refractivity contribution in [2.24, 2.45) is 0 Å². The summed E-state index contributed by atoms with van der Waals surface area (Å²) in [6, 6.07) is 7.18. The third-order valence-electron chi connectivity index (χ3n) is 2.09. The number of hydrogen-bond acceptors (Lipinski definition) is 3. The van der Waals surface area contributed by atoms with Gasteiger partial charge < -0.3 is 10.2 Å².